The quantitative estimate of drug-likeness (QED) is 0.833. The molecule has 0 bridgehead atoms. The highest BCUT2D eigenvalue weighted by Crippen LogP contribution is 2.33. The summed E-state index contributed by atoms with van der Waals surface area (Å²) in [6.07, 6.45) is 2.42. The van der Waals surface area contributed by atoms with Gasteiger partial charge in [-0.2, -0.15) is 0 Å². The van der Waals surface area contributed by atoms with Gasteiger partial charge in [0.15, 0.2) is 0 Å². The Morgan fingerprint density at radius 1 is 1.35 bits per heavy atom. The first kappa shape index (κ1) is 10.8. The second-order valence-electron chi connectivity index (χ2n) is 5.02. The summed E-state index contributed by atoms with van der Waals surface area (Å²) in [6, 6.07) is 9.21. The van der Waals surface area contributed by atoms with E-state index in [4.69, 9.17) is 0 Å². The number of fused-ring (bicyclic) bond motifs is 3. The first-order chi connectivity index (χ1) is 8.31. The van der Waals surface area contributed by atoms with Gasteiger partial charge in [0.1, 0.15) is 0 Å². The number of hydrogen-bond donors (Lipinski definition) is 1. The molecule has 90 valence electrons. The van der Waals surface area contributed by atoms with Crippen molar-refractivity contribution in [2.75, 3.05) is 13.1 Å². The summed E-state index contributed by atoms with van der Waals surface area (Å²) in [7, 11) is 0. The molecule has 0 saturated carbocycles. The van der Waals surface area contributed by atoms with Crippen LogP contribution in [-0.2, 0) is 6.42 Å². The van der Waals surface area contributed by atoms with Crippen LogP contribution < -0.4 is 0 Å². The molecule has 1 aromatic heterocycles. The Kier molecular flexibility index (Phi) is 2.67. The molecule has 2 heteroatoms. The van der Waals surface area contributed by atoms with Gasteiger partial charge in [-0.1, -0.05) is 25.1 Å². The predicted octanol–water partition coefficient (Wildman–Crippen LogP) is 3.50. The average molecular weight is 228 g/mol. The third-order valence-corrected chi connectivity index (χ3v) is 3.97. The van der Waals surface area contributed by atoms with Crippen LogP contribution in [0, 0.1) is 0 Å². The molecule has 17 heavy (non-hydrogen) atoms. The molecule has 0 unspecified atom stereocenters. The molecule has 1 N–H and O–H groups in total. The molecule has 0 saturated heterocycles. The molecule has 1 aromatic carbocycles. The molecule has 0 amide bonds. The van der Waals surface area contributed by atoms with E-state index >= 15 is 0 Å². The third-order valence-electron chi connectivity index (χ3n) is 3.97. The van der Waals surface area contributed by atoms with Gasteiger partial charge in [-0.25, -0.2) is 0 Å². The van der Waals surface area contributed by atoms with Crippen LogP contribution in [0.3, 0.4) is 0 Å². The normalized spacial score (nSPS) is 20.7. The maximum absolute atomic E-state index is 3.61. The van der Waals surface area contributed by atoms with Crippen molar-refractivity contribution in [3.05, 3.63) is 35.5 Å². The van der Waals surface area contributed by atoms with Crippen LogP contribution in [-0.4, -0.2) is 23.0 Å². The van der Waals surface area contributed by atoms with E-state index in [1.807, 2.05) is 0 Å². The summed E-state index contributed by atoms with van der Waals surface area (Å²) >= 11 is 0. The Morgan fingerprint density at radius 2 is 2.18 bits per heavy atom. The van der Waals surface area contributed by atoms with Gasteiger partial charge in [0.25, 0.3) is 0 Å². The molecule has 2 nitrogen and oxygen atoms in total. The summed E-state index contributed by atoms with van der Waals surface area (Å²) < 4.78 is 0. The number of nitrogens with one attached hydrogen (secondary N) is 1. The van der Waals surface area contributed by atoms with Crippen LogP contribution in [0.1, 0.15) is 37.6 Å². The molecule has 2 aromatic rings. The zero-order valence-electron chi connectivity index (χ0n) is 10.7. The Balaban J connectivity index is 2.06. The SMILES string of the molecule is CCCN1CCc2c([nH]c3ccccc23)[C@@H]1C. The number of aromatic amines is 1. The topological polar surface area (TPSA) is 19.0 Å². The van der Waals surface area contributed by atoms with Crippen LogP contribution in [0.15, 0.2) is 24.3 Å². The monoisotopic (exact) mass is 228 g/mol. The van der Waals surface area contributed by atoms with E-state index in [9.17, 15) is 0 Å². The molecule has 2 heterocycles. The summed E-state index contributed by atoms with van der Waals surface area (Å²) in [6.45, 7) is 6.98. The number of aromatic nitrogens is 1. The largest absolute Gasteiger partial charge is 0.357 e. The molecule has 1 aliphatic heterocycles. The van der Waals surface area contributed by atoms with Crippen LogP contribution >= 0.6 is 0 Å². The summed E-state index contributed by atoms with van der Waals surface area (Å²) in [5.74, 6) is 0. The van der Waals surface area contributed by atoms with Gasteiger partial charge in [-0.05, 0) is 37.9 Å². The number of benzene rings is 1. The lowest BCUT2D eigenvalue weighted by atomic mass is 9.98. The minimum absolute atomic E-state index is 0.533. The van der Waals surface area contributed by atoms with E-state index in [2.05, 4.69) is 48.0 Å². The highest BCUT2D eigenvalue weighted by Gasteiger charge is 2.26. The van der Waals surface area contributed by atoms with Gasteiger partial charge in [0, 0.05) is 29.2 Å². The molecular weight excluding hydrogens is 208 g/mol. The third kappa shape index (κ3) is 1.67. The predicted molar refractivity (Wildman–Crippen MR) is 72.3 cm³/mol. The van der Waals surface area contributed by atoms with Gasteiger partial charge < -0.3 is 4.98 Å². The maximum atomic E-state index is 3.61. The van der Waals surface area contributed by atoms with E-state index in [1.54, 1.807) is 5.56 Å². The van der Waals surface area contributed by atoms with Gasteiger partial charge in [0.2, 0.25) is 0 Å². The van der Waals surface area contributed by atoms with Gasteiger partial charge in [-0.15, -0.1) is 0 Å². The fourth-order valence-electron chi connectivity index (χ4n) is 3.07. The highest BCUT2D eigenvalue weighted by atomic mass is 15.2. The maximum Gasteiger partial charge on any atom is 0.0473 e. The van der Waals surface area contributed by atoms with Crippen molar-refractivity contribution in [3.8, 4) is 0 Å². The minimum Gasteiger partial charge on any atom is -0.357 e. The Bertz CT molecular complexity index is 527. The van der Waals surface area contributed by atoms with Crippen LogP contribution in [0.5, 0.6) is 0 Å². The van der Waals surface area contributed by atoms with E-state index in [-0.39, 0.29) is 0 Å². The smallest absolute Gasteiger partial charge is 0.0473 e. The van der Waals surface area contributed by atoms with Crippen molar-refractivity contribution in [1.82, 2.24) is 9.88 Å². The zero-order valence-corrected chi connectivity index (χ0v) is 10.7. The zero-order chi connectivity index (χ0) is 11.8. The first-order valence-electron chi connectivity index (χ1n) is 6.64. The number of H-pyrrole nitrogens is 1. The molecule has 1 atom stereocenters. The summed E-state index contributed by atoms with van der Waals surface area (Å²) in [5.41, 5.74) is 4.27. The molecule has 0 aliphatic carbocycles. The summed E-state index contributed by atoms with van der Waals surface area (Å²) in [4.78, 5) is 6.19. The van der Waals surface area contributed by atoms with Crippen LogP contribution in [0.25, 0.3) is 10.9 Å². The van der Waals surface area contributed by atoms with Crippen molar-refractivity contribution in [1.29, 1.82) is 0 Å². The van der Waals surface area contributed by atoms with E-state index in [0.717, 1.165) is 0 Å². The Hall–Kier alpha value is -1.28. The molecule has 0 spiro atoms. The molecule has 0 radical (unpaired) electrons. The van der Waals surface area contributed by atoms with Gasteiger partial charge in [-0.3, -0.25) is 4.90 Å². The number of rotatable bonds is 2. The summed E-state index contributed by atoms with van der Waals surface area (Å²) in [5, 5.41) is 1.42. The first-order valence-corrected chi connectivity index (χ1v) is 6.64. The Morgan fingerprint density at radius 3 is 3.00 bits per heavy atom. The molecular formula is C15H20N2. The fourth-order valence-corrected chi connectivity index (χ4v) is 3.07. The van der Waals surface area contributed by atoms with Crippen LogP contribution in [0.4, 0.5) is 0 Å². The highest BCUT2D eigenvalue weighted by molar-refractivity contribution is 5.85. The average Bonchev–Trinajstić information content (AvgIpc) is 2.73. The number of nitrogens with zero attached hydrogens (tertiary/aromatic N) is 1. The van der Waals surface area contributed by atoms with Crippen molar-refractivity contribution >= 4 is 10.9 Å². The van der Waals surface area contributed by atoms with Crippen molar-refractivity contribution in [2.45, 2.75) is 32.7 Å². The van der Waals surface area contributed by atoms with Crippen molar-refractivity contribution in [2.24, 2.45) is 0 Å². The Labute approximate surface area is 103 Å². The standard InChI is InChI=1S/C15H20N2/c1-3-9-17-10-8-13-12-6-4-5-7-14(12)16-15(13)11(17)2/h4-7,11,16H,3,8-10H2,1-2H3/t11-/m0/s1. The number of hydrogen-bond acceptors (Lipinski definition) is 1. The molecule has 1 aliphatic rings. The number of para-hydroxylation sites is 1. The lowest BCUT2D eigenvalue weighted by Crippen LogP contribution is -2.34. The van der Waals surface area contributed by atoms with E-state index in [1.165, 1.54) is 42.5 Å². The van der Waals surface area contributed by atoms with E-state index in [0.29, 0.717) is 6.04 Å². The lowest BCUT2D eigenvalue weighted by molar-refractivity contribution is 0.196. The molecule has 3 rings (SSSR count). The van der Waals surface area contributed by atoms with Gasteiger partial charge in [0.05, 0.1) is 0 Å². The second kappa shape index (κ2) is 4.19. The van der Waals surface area contributed by atoms with E-state index < -0.39 is 0 Å². The van der Waals surface area contributed by atoms with Crippen molar-refractivity contribution in [3.63, 3.8) is 0 Å². The minimum atomic E-state index is 0.533. The second-order valence-corrected chi connectivity index (χ2v) is 5.02. The fraction of sp³-hybridized carbons (Fsp3) is 0.467. The van der Waals surface area contributed by atoms with Crippen molar-refractivity contribution < 1.29 is 0 Å². The van der Waals surface area contributed by atoms with Crippen LogP contribution in [0.2, 0.25) is 0 Å². The van der Waals surface area contributed by atoms with Gasteiger partial charge >= 0.3 is 0 Å². The lowest BCUT2D eigenvalue weighted by Gasteiger charge is -2.33. The molecule has 0 fully saturated rings.